The summed E-state index contributed by atoms with van der Waals surface area (Å²) in [6, 6.07) is 8.69. The zero-order valence-corrected chi connectivity index (χ0v) is 18.3. The number of hydrogen-bond acceptors (Lipinski definition) is 9. The van der Waals surface area contributed by atoms with Crippen LogP contribution in [0.4, 0.5) is 0 Å². The van der Waals surface area contributed by atoms with Crippen LogP contribution in [-0.4, -0.2) is 9.97 Å². The van der Waals surface area contributed by atoms with E-state index in [2.05, 4.69) is 14.8 Å². The van der Waals surface area contributed by atoms with E-state index >= 15 is 0 Å². The van der Waals surface area contributed by atoms with Crippen LogP contribution in [0.1, 0.15) is 10.0 Å². The molecule has 4 aromatic heterocycles. The van der Waals surface area contributed by atoms with Crippen LogP contribution < -0.4 is 10.8 Å². The van der Waals surface area contributed by atoms with E-state index in [1.165, 1.54) is 22.7 Å². The molecular formula is C22H10N6O2S2. The Balaban J connectivity index is 2.29. The van der Waals surface area contributed by atoms with Crippen LogP contribution in [0, 0.1) is 65.2 Å². The minimum atomic E-state index is -0.206. The van der Waals surface area contributed by atoms with Crippen LogP contribution >= 0.6 is 22.7 Å². The van der Waals surface area contributed by atoms with Gasteiger partial charge in [-0.1, -0.05) is 0 Å². The molecule has 4 heterocycles. The van der Waals surface area contributed by atoms with E-state index in [1.54, 1.807) is 24.5 Å². The molecule has 0 aliphatic rings. The first-order valence-electron chi connectivity index (χ1n) is 8.95. The summed E-state index contributed by atoms with van der Waals surface area (Å²) < 4.78 is 11.9. The number of hydrogen-bond donors (Lipinski definition) is 0. The molecule has 0 saturated carbocycles. The van der Waals surface area contributed by atoms with E-state index in [4.69, 9.17) is 15.4 Å². The van der Waals surface area contributed by atoms with Gasteiger partial charge in [-0.3, -0.25) is 0 Å². The fourth-order valence-corrected chi connectivity index (χ4v) is 4.55. The molecule has 32 heavy (non-hydrogen) atoms. The Morgan fingerprint density at radius 1 is 0.875 bits per heavy atom. The van der Waals surface area contributed by atoms with E-state index in [-0.39, 0.29) is 32.9 Å². The summed E-state index contributed by atoms with van der Waals surface area (Å²) >= 11 is 2.83. The van der Waals surface area contributed by atoms with Crippen molar-refractivity contribution in [1.29, 1.82) is 15.8 Å². The standard InChI is InChI=1S/C22H10N6O2S2/c1-11-27-9-19(31-11)14-4-17(13(6-23)7-24)29-21(14)22-15(20-10-28-12(2)32-20)5-18(30-22)16(8-25)26-3/h4-5,9-10H,1-2H3/b18-16+,22-21+. The maximum atomic E-state index is 9.32. The summed E-state index contributed by atoms with van der Waals surface area (Å²) in [6.07, 6.45) is 3.34. The maximum absolute atomic E-state index is 9.32. The van der Waals surface area contributed by atoms with Crippen LogP contribution in [0.2, 0.25) is 0 Å². The molecule has 0 amide bonds. The van der Waals surface area contributed by atoms with Crippen molar-refractivity contribution in [2.75, 3.05) is 0 Å². The van der Waals surface area contributed by atoms with Crippen LogP contribution in [0.25, 0.3) is 37.0 Å². The summed E-state index contributed by atoms with van der Waals surface area (Å²) in [5.74, 6) is 0. The number of rotatable bonds is 2. The molecule has 0 fully saturated rings. The predicted molar refractivity (Wildman–Crippen MR) is 116 cm³/mol. The fourth-order valence-electron chi connectivity index (χ4n) is 2.97. The Kier molecular flexibility index (Phi) is 5.41. The van der Waals surface area contributed by atoms with E-state index in [1.807, 2.05) is 32.1 Å². The number of nitriles is 3. The second-order valence-electron chi connectivity index (χ2n) is 6.36. The molecule has 10 heteroatoms. The number of thiazole rings is 2. The first kappa shape index (κ1) is 20.8. The van der Waals surface area contributed by atoms with Crippen molar-refractivity contribution in [2.45, 2.75) is 13.8 Å². The SMILES string of the molecule is [C-]#[N+]/C(C#N)=c1\cc(-c2cnc(C)s2)/c(=c2\oc(=C(C#N)C#N)cc2-c2cnc(C)s2)o1. The van der Waals surface area contributed by atoms with E-state index in [0.29, 0.717) is 11.1 Å². The lowest BCUT2D eigenvalue weighted by Gasteiger charge is -1.91. The van der Waals surface area contributed by atoms with E-state index in [9.17, 15) is 15.8 Å². The molecule has 0 radical (unpaired) electrons. The van der Waals surface area contributed by atoms with Crippen LogP contribution in [0.5, 0.6) is 0 Å². The molecule has 0 unspecified atom stereocenters. The molecule has 0 aliphatic heterocycles. The Hall–Kier alpha value is -4.48. The molecule has 4 rings (SSSR count). The van der Waals surface area contributed by atoms with Crippen molar-refractivity contribution in [2.24, 2.45) is 0 Å². The molecule has 4 aromatic rings. The monoisotopic (exact) mass is 454 g/mol. The maximum Gasteiger partial charge on any atom is 0.303 e. The molecule has 0 aromatic carbocycles. The minimum Gasteiger partial charge on any atom is -0.463 e. The molecule has 0 saturated heterocycles. The molecule has 0 atom stereocenters. The lowest BCUT2D eigenvalue weighted by atomic mass is 10.2. The number of aromatic nitrogens is 2. The summed E-state index contributed by atoms with van der Waals surface area (Å²) in [4.78, 5) is 13.3. The zero-order chi connectivity index (χ0) is 22.8. The van der Waals surface area contributed by atoms with Gasteiger partial charge in [-0.2, -0.15) is 10.5 Å². The van der Waals surface area contributed by atoms with Gasteiger partial charge in [0.15, 0.2) is 21.8 Å². The van der Waals surface area contributed by atoms with Crippen molar-refractivity contribution < 1.29 is 8.83 Å². The Morgan fingerprint density at radius 2 is 1.38 bits per heavy atom. The van der Waals surface area contributed by atoms with Crippen LogP contribution in [0.3, 0.4) is 0 Å². The normalized spacial score (nSPS) is 12.3. The van der Waals surface area contributed by atoms with Crippen LogP contribution in [0.15, 0.2) is 33.4 Å². The molecule has 152 valence electrons. The summed E-state index contributed by atoms with van der Waals surface area (Å²) in [7, 11) is 0. The highest BCUT2D eigenvalue weighted by Crippen LogP contribution is 2.31. The first-order valence-corrected chi connectivity index (χ1v) is 10.6. The molecule has 0 N–H and O–H groups in total. The fraction of sp³-hybridized carbons (Fsp3) is 0.0909. The van der Waals surface area contributed by atoms with Gasteiger partial charge in [-0.05, 0) is 26.0 Å². The highest BCUT2D eigenvalue weighted by Gasteiger charge is 2.17. The summed E-state index contributed by atoms with van der Waals surface area (Å²) in [5, 5.41) is 29.6. The molecule has 0 bridgehead atoms. The number of aryl methyl sites for hydroxylation is 2. The Labute approximate surface area is 189 Å². The van der Waals surface area contributed by atoms with Gasteiger partial charge in [0.05, 0.1) is 32.4 Å². The van der Waals surface area contributed by atoms with Crippen LogP contribution in [-0.2, 0) is 0 Å². The smallest absolute Gasteiger partial charge is 0.303 e. The molecule has 8 nitrogen and oxygen atoms in total. The molecule has 0 aliphatic carbocycles. The zero-order valence-electron chi connectivity index (χ0n) is 16.6. The van der Waals surface area contributed by atoms with Crippen molar-refractivity contribution in [3.8, 4) is 39.1 Å². The minimum absolute atomic E-state index is 0.0881. The van der Waals surface area contributed by atoms with E-state index < -0.39 is 0 Å². The van der Waals surface area contributed by atoms with Gasteiger partial charge in [0.1, 0.15) is 17.6 Å². The van der Waals surface area contributed by atoms with Gasteiger partial charge in [0.2, 0.25) is 0 Å². The summed E-state index contributed by atoms with van der Waals surface area (Å²) in [5.41, 5.74) is 1.48. The third-order valence-corrected chi connectivity index (χ3v) is 6.26. The topological polar surface area (TPSA) is 128 Å². The summed E-state index contributed by atoms with van der Waals surface area (Å²) in [6.45, 7) is 11.0. The van der Waals surface area contributed by atoms with Crippen molar-refractivity contribution in [3.63, 3.8) is 0 Å². The lowest BCUT2D eigenvalue weighted by molar-refractivity contribution is 0.449. The largest absolute Gasteiger partial charge is 0.463 e. The molecular weight excluding hydrogens is 444 g/mol. The van der Waals surface area contributed by atoms with Gasteiger partial charge < -0.3 is 8.83 Å². The van der Waals surface area contributed by atoms with Crippen molar-refractivity contribution in [1.82, 2.24) is 9.97 Å². The average molecular weight is 454 g/mol. The van der Waals surface area contributed by atoms with Gasteiger partial charge >= 0.3 is 5.70 Å². The van der Waals surface area contributed by atoms with Gasteiger partial charge in [0, 0.05) is 23.5 Å². The molecule has 0 spiro atoms. The van der Waals surface area contributed by atoms with Gasteiger partial charge in [0.25, 0.3) is 0 Å². The quantitative estimate of drug-likeness (QED) is 0.422. The third kappa shape index (κ3) is 3.57. The number of furan rings is 2. The van der Waals surface area contributed by atoms with Gasteiger partial charge in [-0.15, -0.1) is 22.7 Å². The van der Waals surface area contributed by atoms with E-state index in [0.717, 1.165) is 19.8 Å². The Bertz CT molecular complexity index is 1590. The highest BCUT2D eigenvalue weighted by molar-refractivity contribution is 7.15. The second kappa shape index (κ2) is 8.34. The van der Waals surface area contributed by atoms with Gasteiger partial charge in [-0.25, -0.2) is 20.1 Å². The lowest BCUT2D eigenvalue weighted by Crippen LogP contribution is -1.98. The van der Waals surface area contributed by atoms with Crippen molar-refractivity contribution in [3.05, 3.63) is 67.6 Å². The Morgan fingerprint density at radius 3 is 1.78 bits per heavy atom. The average Bonchev–Trinajstić information content (AvgIpc) is 3.56. The number of nitrogens with zero attached hydrogens (tertiary/aromatic N) is 6. The highest BCUT2D eigenvalue weighted by atomic mass is 32.1. The third-order valence-electron chi connectivity index (χ3n) is 4.36. The van der Waals surface area contributed by atoms with Crippen molar-refractivity contribution >= 4 is 33.9 Å². The predicted octanol–water partition coefficient (Wildman–Crippen LogP) is 3.77. The first-order chi connectivity index (χ1) is 15.5. The second-order valence-corrected chi connectivity index (χ2v) is 8.83.